The van der Waals surface area contributed by atoms with Gasteiger partial charge in [-0.05, 0) is 39.7 Å². The Labute approximate surface area is 137 Å². The summed E-state index contributed by atoms with van der Waals surface area (Å²) in [6.07, 6.45) is 0.877. The highest BCUT2D eigenvalue weighted by molar-refractivity contribution is 9.10. The molecule has 0 atom stereocenters. The first-order chi connectivity index (χ1) is 10.7. The zero-order valence-electron chi connectivity index (χ0n) is 12.1. The summed E-state index contributed by atoms with van der Waals surface area (Å²) in [5.74, 6) is 1.33. The third-order valence-electron chi connectivity index (χ3n) is 3.46. The molecule has 1 aliphatic heterocycles. The van der Waals surface area contributed by atoms with Gasteiger partial charge < -0.3 is 14.8 Å². The van der Waals surface area contributed by atoms with Crippen molar-refractivity contribution in [3.05, 3.63) is 57.8 Å². The van der Waals surface area contributed by atoms with Crippen molar-refractivity contribution < 1.29 is 13.9 Å². The lowest BCUT2D eigenvalue weighted by Crippen LogP contribution is -2.13. The van der Waals surface area contributed by atoms with Gasteiger partial charge in [-0.3, -0.25) is 0 Å². The van der Waals surface area contributed by atoms with E-state index in [9.17, 15) is 4.39 Å². The third-order valence-corrected chi connectivity index (χ3v) is 4.05. The number of hydrogen-bond acceptors (Lipinski definition) is 3. The van der Waals surface area contributed by atoms with Crippen LogP contribution in [0.25, 0.3) is 0 Å². The molecule has 116 valence electrons. The molecular weight excluding hydrogens is 349 g/mol. The molecule has 3 nitrogen and oxygen atoms in total. The zero-order valence-corrected chi connectivity index (χ0v) is 13.7. The second-order valence-corrected chi connectivity index (χ2v) is 6.00. The molecule has 1 heterocycles. The average molecular weight is 366 g/mol. The van der Waals surface area contributed by atoms with Crippen LogP contribution < -0.4 is 14.8 Å². The van der Waals surface area contributed by atoms with Gasteiger partial charge in [0.25, 0.3) is 0 Å². The van der Waals surface area contributed by atoms with E-state index in [1.165, 1.54) is 6.07 Å². The van der Waals surface area contributed by atoms with Crippen LogP contribution in [-0.2, 0) is 13.1 Å². The summed E-state index contributed by atoms with van der Waals surface area (Å²) in [7, 11) is 0. The van der Waals surface area contributed by atoms with Gasteiger partial charge in [0.2, 0.25) is 0 Å². The molecule has 0 aliphatic carbocycles. The van der Waals surface area contributed by atoms with Crippen LogP contribution in [0.3, 0.4) is 0 Å². The molecule has 2 aromatic rings. The van der Waals surface area contributed by atoms with Crippen molar-refractivity contribution in [1.82, 2.24) is 5.32 Å². The number of nitrogens with one attached hydrogen (secondary N) is 1. The molecule has 0 fully saturated rings. The average Bonchev–Trinajstić information content (AvgIpc) is 2.75. The fourth-order valence-electron chi connectivity index (χ4n) is 2.37. The molecule has 2 aromatic carbocycles. The number of fused-ring (bicyclic) bond motifs is 1. The minimum absolute atomic E-state index is 0.185. The minimum Gasteiger partial charge on any atom is -0.490 e. The molecule has 0 spiro atoms. The number of rotatable bonds is 4. The van der Waals surface area contributed by atoms with Crippen LogP contribution >= 0.6 is 15.9 Å². The molecule has 0 aromatic heterocycles. The van der Waals surface area contributed by atoms with Crippen LogP contribution in [-0.4, -0.2) is 13.2 Å². The Morgan fingerprint density at radius 3 is 2.77 bits per heavy atom. The van der Waals surface area contributed by atoms with Gasteiger partial charge >= 0.3 is 0 Å². The molecule has 22 heavy (non-hydrogen) atoms. The predicted molar refractivity (Wildman–Crippen MR) is 86.7 cm³/mol. The van der Waals surface area contributed by atoms with E-state index in [-0.39, 0.29) is 5.82 Å². The van der Waals surface area contributed by atoms with Crippen molar-refractivity contribution in [2.24, 2.45) is 0 Å². The van der Waals surface area contributed by atoms with E-state index in [4.69, 9.17) is 9.47 Å². The summed E-state index contributed by atoms with van der Waals surface area (Å²) >= 11 is 3.52. The molecule has 0 saturated carbocycles. The van der Waals surface area contributed by atoms with Crippen LogP contribution in [0.1, 0.15) is 17.5 Å². The molecule has 1 aliphatic rings. The number of ether oxygens (including phenoxy) is 2. The predicted octanol–water partition coefficient (Wildman–Crippen LogP) is 4.04. The summed E-state index contributed by atoms with van der Waals surface area (Å²) in [4.78, 5) is 0. The van der Waals surface area contributed by atoms with Crippen LogP contribution in [0.15, 0.2) is 40.9 Å². The summed E-state index contributed by atoms with van der Waals surface area (Å²) in [5.41, 5.74) is 1.73. The maximum atomic E-state index is 13.6. The normalized spacial score (nSPS) is 13.7. The largest absolute Gasteiger partial charge is 0.490 e. The van der Waals surface area contributed by atoms with Crippen LogP contribution in [0.4, 0.5) is 4.39 Å². The number of halogens is 2. The van der Waals surface area contributed by atoms with E-state index in [0.717, 1.165) is 28.0 Å². The second kappa shape index (κ2) is 7.11. The summed E-state index contributed by atoms with van der Waals surface area (Å²) in [5, 5.41) is 3.25. The topological polar surface area (TPSA) is 30.5 Å². The Balaban J connectivity index is 1.67. The molecule has 3 rings (SSSR count). The lowest BCUT2D eigenvalue weighted by molar-refractivity contribution is 0.296. The third kappa shape index (κ3) is 3.59. The highest BCUT2D eigenvalue weighted by atomic mass is 79.9. The lowest BCUT2D eigenvalue weighted by Gasteiger charge is -2.12. The second-order valence-electron chi connectivity index (χ2n) is 5.15. The zero-order chi connectivity index (χ0) is 15.4. The SMILES string of the molecule is Fc1ccccc1CNCc1cc(Br)c2c(c1)OCCCO2. The number of hydrogen-bond donors (Lipinski definition) is 1. The van der Waals surface area contributed by atoms with Crippen LogP contribution in [0.2, 0.25) is 0 Å². The number of benzene rings is 2. The fourth-order valence-corrected chi connectivity index (χ4v) is 2.97. The first-order valence-electron chi connectivity index (χ1n) is 7.26. The Hall–Kier alpha value is -1.59. The molecule has 5 heteroatoms. The van der Waals surface area contributed by atoms with E-state index in [2.05, 4.69) is 21.2 Å². The maximum absolute atomic E-state index is 13.6. The lowest BCUT2D eigenvalue weighted by atomic mass is 10.1. The van der Waals surface area contributed by atoms with Crippen molar-refractivity contribution in [1.29, 1.82) is 0 Å². The van der Waals surface area contributed by atoms with E-state index >= 15 is 0 Å². The van der Waals surface area contributed by atoms with E-state index in [1.807, 2.05) is 18.2 Å². The minimum atomic E-state index is -0.185. The fraction of sp³-hybridized carbons (Fsp3) is 0.294. The van der Waals surface area contributed by atoms with Gasteiger partial charge in [-0.25, -0.2) is 4.39 Å². The van der Waals surface area contributed by atoms with Crippen molar-refractivity contribution in [2.45, 2.75) is 19.5 Å². The van der Waals surface area contributed by atoms with Gasteiger partial charge in [0.05, 0.1) is 17.7 Å². The van der Waals surface area contributed by atoms with Gasteiger partial charge in [-0.15, -0.1) is 0 Å². The Kier molecular flexibility index (Phi) is 4.95. The van der Waals surface area contributed by atoms with Gasteiger partial charge in [0, 0.05) is 25.1 Å². The van der Waals surface area contributed by atoms with Gasteiger partial charge in [0.1, 0.15) is 5.82 Å². The maximum Gasteiger partial charge on any atom is 0.175 e. The van der Waals surface area contributed by atoms with E-state index in [1.54, 1.807) is 12.1 Å². The van der Waals surface area contributed by atoms with E-state index < -0.39 is 0 Å². The molecule has 1 N–H and O–H groups in total. The Bertz CT molecular complexity index is 663. The summed E-state index contributed by atoms with van der Waals surface area (Å²) < 4.78 is 25.8. The Morgan fingerprint density at radius 1 is 1.09 bits per heavy atom. The smallest absolute Gasteiger partial charge is 0.175 e. The van der Waals surface area contributed by atoms with Crippen molar-refractivity contribution in [3.63, 3.8) is 0 Å². The molecular formula is C17H17BrFNO2. The first-order valence-corrected chi connectivity index (χ1v) is 8.05. The molecule has 0 radical (unpaired) electrons. The molecule has 0 unspecified atom stereocenters. The molecule has 0 amide bonds. The van der Waals surface area contributed by atoms with Crippen molar-refractivity contribution in [3.8, 4) is 11.5 Å². The van der Waals surface area contributed by atoms with Crippen molar-refractivity contribution in [2.75, 3.05) is 13.2 Å². The summed E-state index contributed by atoms with van der Waals surface area (Å²) in [6.45, 7) is 2.43. The highest BCUT2D eigenvalue weighted by Gasteiger charge is 2.15. The van der Waals surface area contributed by atoms with Gasteiger partial charge in [-0.2, -0.15) is 0 Å². The van der Waals surface area contributed by atoms with Crippen molar-refractivity contribution >= 4 is 15.9 Å². The Morgan fingerprint density at radius 2 is 1.91 bits per heavy atom. The first kappa shape index (κ1) is 15.3. The highest BCUT2D eigenvalue weighted by Crippen LogP contribution is 2.38. The summed E-state index contributed by atoms with van der Waals surface area (Å²) in [6, 6.07) is 10.8. The van der Waals surface area contributed by atoms with E-state index in [0.29, 0.717) is 31.9 Å². The van der Waals surface area contributed by atoms with Gasteiger partial charge in [-0.1, -0.05) is 18.2 Å². The van der Waals surface area contributed by atoms with Crippen LogP contribution in [0.5, 0.6) is 11.5 Å². The molecule has 0 saturated heterocycles. The molecule has 0 bridgehead atoms. The standard InChI is InChI=1S/C17H17BrFNO2/c18-14-8-12(9-16-17(14)22-7-3-6-21-16)10-20-11-13-4-1-2-5-15(13)19/h1-2,4-5,8-9,20H,3,6-7,10-11H2. The van der Waals surface area contributed by atoms with Crippen LogP contribution in [0, 0.1) is 5.82 Å². The monoisotopic (exact) mass is 365 g/mol. The quantitative estimate of drug-likeness (QED) is 0.886. The van der Waals surface area contributed by atoms with Gasteiger partial charge in [0.15, 0.2) is 11.5 Å².